The number of nitrogens with one attached hydrogen (secondary N) is 3. The molecule has 208 valence electrons. The molecule has 0 aliphatic heterocycles. The van der Waals surface area contributed by atoms with Crippen molar-refractivity contribution in [1.82, 2.24) is 10.3 Å². The van der Waals surface area contributed by atoms with Crippen molar-refractivity contribution in [2.24, 2.45) is 0 Å². The molecule has 3 aromatic carbocycles. The van der Waals surface area contributed by atoms with Crippen LogP contribution in [0.3, 0.4) is 0 Å². The zero-order valence-corrected chi connectivity index (χ0v) is 23.2. The largest absolute Gasteiger partial charge is 0.497 e. The average molecular weight is 569 g/mol. The Labute approximate surface area is 242 Å². The van der Waals surface area contributed by atoms with Crippen LogP contribution in [0, 0.1) is 0 Å². The number of benzene rings is 3. The fraction of sp³-hybridized carbons (Fsp3) is 0.0968. The lowest BCUT2D eigenvalue weighted by Gasteiger charge is -2.13. The Morgan fingerprint density at radius 1 is 0.854 bits per heavy atom. The van der Waals surface area contributed by atoms with Gasteiger partial charge in [0.05, 0.1) is 20.0 Å². The Balaban J connectivity index is 1.52. The van der Waals surface area contributed by atoms with Crippen molar-refractivity contribution in [1.29, 1.82) is 0 Å². The lowest BCUT2D eigenvalue weighted by atomic mass is 10.1. The molecule has 0 bridgehead atoms. The summed E-state index contributed by atoms with van der Waals surface area (Å²) in [7, 11) is 3.05. The third-order valence-corrected chi connectivity index (χ3v) is 6.65. The van der Waals surface area contributed by atoms with Gasteiger partial charge >= 0.3 is 0 Å². The Morgan fingerprint density at radius 3 is 2.39 bits per heavy atom. The number of amides is 3. The monoisotopic (exact) mass is 568 g/mol. The minimum atomic E-state index is -0.547. The van der Waals surface area contributed by atoms with Gasteiger partial charge in [-0.1, -0.05) is 30.3 Å². The molecular weight excluding hydrogens is 540 g/mol. The Kier molecular flexibility index (Phi) is 10.1. The molecular formula is C31H28N4O5S. The normalized spacial score (nSPS) is 10.8. The molecule has 0 aliphatic rings. The van der Waals surface area contributed by atoms with E-state index in [1.807, 2.05) is 6.07 Å². The molecule has 10 heteroatoms. The second-order valence-corrected chi connectivity index (χ2v) is 9.57. The summed E-state index contributed by atoms with van der Waals surface area (Å²) in [6.45, 7) is 0. The quantitative estimate of drug-likeness (QED) is 0.167. The predicted molar refractivity (Wildman–Crippen MR) is 160 cm³/mol. The van der Waals surface area contributed by atoms with E-state index in [4.69, 9.17) is 9.47 Å². The average Bonchev–Trinajstić information content (AvgIpc) is 3.00. The second kappa shape index (κ2) is 14.3. The number of rotatable bonds is 11. The fourth-order valence-electron chi connectivity index (χ4n) is 3.68. The van der Waals surface area contributed by atoms with Crippen LogP contribution in [0.2, 0.25) is 0 Å². The van der Waals surface area contributed by atoms with Crippen LogP contribution in [0.1, 0.15) is 15.9 Å². The van der Waals surface area contributed by atoms with Gasteiger partial charge in [0, 0.05) is 27.9 Å². The van der Waals surface area contributed by atoms with E-state index in [2.05, 4.69) is 20.9 Å². The zero-order chi connectivity index (χ0) is 29.0. The molecule has 9 nitrogen and oxygen atoms in total. The number of ether oxygens (including phenoxy) is 2. The molecule has 0 spiro atoms. The molecule has 0 radical (unpaired) electrons. The molecule has 0 atom stereocenters. The first-order valence-electron chi connectivity index (χ1n) is 12.5. The maximum atomic E-state index is 13.5. The van der Waals surface area contributed by atoms with Crippen molar-refractivity contribution < 1.29 is 23.9 Å². The molecule has 0 saturated heterocycles. The van der Waals surface area contributed by atoms with E-state index in [1.165, 1.54) is 32.1 Å². The van der Waals surface area contributed by atoms with Crippen LogP contribution in [0.15, 0.2) is 108 Å². The molecule has 0 unspecified atom stereocenters. The van der Waals surface area contributed by atoms with E-state index in [-0.39, 0.29) is 17.4 Å². The topological polar surface area (TPSA) is 119 Å². The van der Waals surface area contributed by atoms with E-state index in [1.54, 1.807) is 91.1 Å². The standard InChI is InChI=1S/C31H28N4O5S/c1-39-24-14-15-27(40-2)22(17-24)18-26(34-30(37)21-9-4-3-5-10-21)31(38)33-23-11-8-12-25(19-23)41-20-29(36)35-28-13-6-7-16-32-28/h3-19H,20H2,1-2H3,(H,33,38)(H,34,37)(H,32,35,36)/b26-18+. The maximum Gasteiger partial charge on any atom is 0.272 e. The third kappa shape index (κ3) is 8.45. The highest BCUT2D eigenvalue weighted by Crippen LogP contribution is 2.27. The van der Waals surface area contributed by atoms with Gasteiger partial charge in [-0.15, -0.1) is 11.8 Å². The van der Waals surface area contributed by atoms with Crippen molar-refractivity contribution >= 4 is 47.1 Å². The van der Waals surface area contributed by atoms with Crippen molar-refractivity contribution in [2.75, 3.05) is 30.6 Å². The number of hydrogen-bond donors (Lipinski definition) is 3. The van der Waals surface area contributed by atoms with Gasteiger partial charge in [0.1, 0.15) is 23.0 Å². The van der Waals surface area contributed by atoms with Crippen LogP contribution in [-0.2, 0) is 9.59 Å². The summed E-state index contributed by atoms with van der Waals surface area (Å²) in [5, 5.41) is 8.29. The number of carbonyl (C=O) groups is 3. The van der Waals surface area contributed by atoms with E-state index in [0.717, 1.165) is 4.90 Å². The van der Waals surface area contributed by atoms with E-state index in [9.17, 15) is 14.4 Å². The molecule has 3 N–H and O–H groups in total. The third-order valence-electron chi connectivity index (χ3n) is 5.66. The summed E-state index contributed by atoms with van der Waals surface area (Å²) in [6, 6.07) is 26.1. The van der Waals surface area contributed by atoms with Crippen LogP contribution in [0.25, 0.3) is 6.08 Å². The summed E-state index contributed by atoms with van der Waals surface area (Å²) in [4.78, 5) is 43.6. The van der Waals surface area contributed by atoms with Crippen molar-refractivity contribution in [3.8, 4) is 11.5 Å². The molecule has 3 amide bonds. The van der Waals surface area contributed by atoms with Crippen LogP contribution in [0.5, 0.6) is 11.5 Å². The number of hydrogen-bond acceptors (Lipinski definition) is 7. The Bertz CT molecular complexity index is 1540. The summed E-state index contributed by atoms with van der Waals surface area (Å²) >= 11 is 1.31. The highest BCUT2D eigenvalue weighted by atomic mass is 32.2. The first-order valence-corrected chi connectivity index (χ1v) is 13.5. The minimum Gasteiger partial charge on any atom is -0.497 e. The first-order chi connectivity index (χ1) is 19.9. The molecule has 1 heterocycles. The molecule has 4 aromatic rings. The smallest absolute Gasteiger partial charge is 0.272 e. The maximum absolute atomic E-state index is 13.5. The van der Waals surface area contributed by atoms with E-state index in [0.29, 0.717) is 34.1 Å². The molecule has 0 aliphatic carbocycles. The first kappa shape index (κ1) is 28.9. The lowest BCUT2D eigenvalue weighted by molar-refractivity contribution is -0.114. The van der Waals surface area contributed by atoms with Crippen LogP contribution >= 0.6 is 11.8 Å². The number of pyridine rings is 1. The summed E-state index contributed by atoms with van der Waals surface area (Å²) < 4.78 is 10.8. The molecule has 4 rings (SSSR count). The molecule has 1 aromatic heterocycles. The summed E-state index contributed by atoms with van der Waals surface area (Å²) in [6.07, 6.45) is 3.13. The van der Waals surface area contributed by atoms with Gasteiger partial charge in [-0.05, 0) is 66.7 Å². The van der Waals surface area contributed by atoms with E-state index >= 15 is 0 Å². The minimum absolute atomic E-state index is 0.00167. The Morgan fingerprint density at radius 2 is 1.66 bits per heavy atom. The molecule has 41 heavy (non-hydrogen) atoms. The second-order valence-electron chi connectivity index (χ2n) is 8.52. The summed E-state index contributed by atoms with van der Waals surface area (Å²) in [5.74, 6) is 0.483. The Hall–Kier alpha value is -5.09. The van der Waals surface area contributed by atoms with Gasteiger partial charge in [0.15, 0.2) is 0 Å². The number of aromatic nitrogens is 1. The van der Waals surface area contributed by atoms with Crippen LogP contribution < -0.4 is 25.4 Å². The number of thioether (sulfide) groups is 1. The van der Waals surface area contributed by atoms with Crippen LogP contribution in [0.4, 0.5) is 11.5 Å². The summed E-state index contributed by atoms with van der Waals surface area (Å²) in [5.41, 5.74) is 1.42. The number of nitrogens with zero attached hydrogens (tertiary/aromatic N) is 1. The predicted octanol–water partition coefficient (Wildman–Crippen LogP) is 5.24. The number of anilines is 2. The van der Waals surface area contributed by atoms with E-state index < -0.39 is 11.8 Å². The highest BCUT2D eigenvalue weighted by Gasteiger charge is 2.17. The van der Waals surface area contributed by atoms with Gasteiger partial charge in [-0.25, -0.2) is 4.98 Å². The molecule has 0 saturated carbocycles. The molecule has 0 fully saturated rings. The van der Waals surface area contributed by atoms with Crippen molar-refractivity contribution in [3.63, 3.8) is 0 Å². The number of carbonyl (C=O) groups excluding carboxylic acids is 3. The van der Waals surface area contributed by atoms with Crippen molar-refractivity contribution in [3.05, 3.63) is 114 Å². The van der Waals surface area contributed by atoms with Crippen molar-refractivity contribution in [2.45, 2.75) is 4.90 Å². The zero-order valence-electron chi connectivity index (χ0n) is 22.4. The lowest BCUT2D eigenvalue weighted by Crippen LogP contribution is -2.30. The highest BCUT2D eigenvalue weighted by molar-refractivity contribution is 8.00. The fourth-order valence-corrected chi connectivity index (χ4v) is 4.43. The number of methoxy groups -OCH3 is 2. The van der Waals surface area contributed by atoms with Gasteiger partial charge in [-0.2, -0.15) is 0 Å². The SMILES string of the molecule is COc1ccc(OC)c(/C=C(/NC(=O)c2ccccc2)C(=O)Nc2cccc(SCC(=O)Nc3ccccn3)c2)c1. The van der Waals surface area contributed by atoms with Gasteiger partial charge in [0.25, 0.3) is 11.8 Å². The van der Waals surface area contributed by atoms with Gasteiger partial charge in [-0.3, -0.25) is 14.4 Å². The van der Waals surface area contributed by atoms with Gasteiger partial charge < -0.3 is 25.4 Å². The van der Waals surface area contributed by atoms with Gasteiger partial charge in [0.2, 0.25) is 5.91 Å². The van der Waals surface area contributed by atoms with Crippen LogP contribution in [-0.4, -0.2) is 42.7 Å².